The second-order valence-electron chi connectivity index (χ2n) is 9.18. The van der Waals surface area contributed by atoms with Crippen LogP contribution in [0.3, 0.4) is 0 Å². The van der Waals surface area contributed by atoms with Gasteiger partial charge in [0, 0.05) is 19.4 Å². The topological polar surface area (TPSA) is 44.8 Å². The van der Waals surface area contributed by atoms with Crippen LogP contribution >= 0.6 is 0 Å². The van der Waals surface area contributed by atoms with E-state index in [0.29, 0.717) is 23.0 Å². The molecule has 1 saturated heterocycles. The van der Waals surface area contributed by atoms with Crippen molar-refractivity contribution in [2.45, 2.75) is 122 Å². The lowest BCUT2D eigenvalue weighted by Gasteiger charge is -2.42. The fraction of sp³-hybridized carbons (Fsp3) is 0.952. The molecule has 0 saturated carbocycles. The minimum Gasteiger partial charge on any atom is -0.416 e. The molecule has 5 heteroatoms. The Bertz CT molecular complexity index is 398. The van der Waals surface area contributed by atoms with Gasteiger partial charge in [0.2, 0.25) is 0 Å². The molecule has 0 aliphatic carbocycles. The highest BCUT2D eigenvalue weighted by molar-refractivity contribution is 6.77. The molecule has 1 fully saturated rings. The van der Waals surface area contributed by atoms with Gasteiger partial charge in [-0.15, -0.1) is 0 Å². The molecule has 0 amide bonds. The summed E-state index contributed by atoms with van der Waals surface area (Å²) in [6.07, 6.45) is 5.54. The van der Waals surface area contributed by atoms with Gasteiger partial charge in [0.1, 0.15) is 6.29 Å². The molecule has 0 radical (unpaired) electrons. The zero-order valence-electron chi connectivity index (χ0n) is 18.3. The van der Waals surface area contributed by atoms with Gasteiger partial charge >= 0.3 is 0 Å². The molecule has 1 heterocycles. The Balaban J connectivity index is 2.46. The molecule has 1 aliphatic rings. The van der Waals surface area contributed by atoms with Gasteiger partial charge in [-0.25, -0.2) is 0 Å². The molecule has 2 atom stereocenters. The third-order valence-corrected chi connectivity index (χ3v) is 11.9. The molecule has 0 aromatic rings. The van der Waals surface area contributed by atoms with Crippen molar-refractivity contribution >= 4 is 14.6 Å². The van der Waals surface area contributed by atoms with Crippen LogP contribution in [0.4, 0.5) is 0 Å². The molecule has 0 spiro atoms. The quantitative estimate of drug-likeness (QED) is 0.254. The summed E-state index contributed by atoms with van der Waals surface area (Å²) in [7, 11) is -1.75. The maximum Gasteiger partial charge on any atom is 0.200 e. The predicted octanol–water partition coefficient (Wildman–Crippen LogP) is 5.85. The molecule has 4 nitrogen and oxygen atoms in total. The SMILES string of the molecule is CC(C)[Si](OCCCC[C@@H]1C[C@@H](CC=O)OC(C)(C)O1)(C(C)C)C(C)C. The summed E-state index contributed by atoms with van der Waals surface area (Å²) in [4.78, 5) is 10.8. The van der Waals surface area contributed by atoms with E-state index < -0.39 is 14.1 Å². The summed E-state index contributed by atoms with van der Waals surface area (Å²) < 4.78 is 18.5. The van der Waals surface area contributed by atoms with Crippen molar-refractivity contribution in [2.24, 2.45) is 0 Å². The van der Waals surface area contributed by atoms with E-state index in [4.69, 9.17) is 13.9 Å². The standard InChI is InChI=1S/C21H42O4Si/c1-16(2)26(17(3)4,18(5)6)23-14-10-9-11-19-15-20(12-13-22)25-21(7,8)24-19/h13,16-20H,9-12,14-15H2,1-8H3/t19-,20-/m1/s1. The van der Waals surface area contributed by atoms with Crippen molar-refractivity contribution in [3.8, 4) is 0 Å². The first-order valence-corrected chi connectivity index (χ1v) is 12.6. The van der Waals surface area contributed by atoms with Crippen molar-refractivity contribution in [3.63, 3.8) is 0 Å². The second-order valence-corrected chi connectivity index (χ2v) is 14.6. The van der Waals surface area contributed by atoms with Crippen molar-refractivity contribution < 1.29 is 18.7 Å². The van der Waals surface area contributed by atoms with Gasteiger partial charge < -0.3 is 18.7 Å². The van der Waals surface area contributed by atoms with Crippen molar-refractivity contribution in [2.75, 3.05) is 6.61 Å². The summed E-state index contributed by atoms with van der Waals surface area (Å²) in [5.74, 6) is -0.595. The van der Waals surface area contributed by atoms with E-state index >= 15 is 0 Å². The van der Waals surface area contributed by atoms with Crippen LogP contribution in [0.2, 0.25) is 16.6 Å². The number of unbranched alkanes of at least 4 members (excludes halogenated alkanes) is 1. The molecule has 0 unspecified atom stereocenters. The molecule has 0 aromatic heterocycles. The van der Waals surface area contributed by atoms with Gasteiger partial charge in [-0.05, 0) is 49.7 Å². The van der Waals surface area contributed by atoms with Crippen LogP contribution < -0.4 is 0 Å². The van der Waals surface area contributed by atoms with Crippen LogP contribution in [0, 0.1) is 0 Å². The normalized spacial score (nSPS) is 23.8. The van der Waals surface area contributed by atoms with Gasteiger partial charge in [0.15, 0.2) is 14.1 Å². The number of hydrogen-bond donors (Lipinski definition) is 0. The van der Waals surface area contributed by atoms with Gasteiger partial charge in [0.25, 0.3) is 0 Å². The first-order valence-electron chi connectivity index (χ1n) is 10.5. The van der Waals surface area contributed by atoms with E-state index in [1.807, 2.05) is 13.8 Å². The van der Waals surface area contributed by atoms with Crippen LogP contribution in [0.15, 0.2) is 0 Å². The molecule has 154 valence electrons. The largest absolute Gasteiger partial charge is 0.416 e. The highest BCUT2D eigenvalue weighted by atomic mass is 28.4. The maximum absolute atomic E-state index is 10.8. The number of ether oxygens (including phenoxy) is 2. The van der Waals surface area contributed by atoms with Crippen molar-refractivity contribution in [1.29, 1.82) is 0 Å². The first-order chi connectivity index (χ1) is 12.0. The molecule has 26 heavy (non-hydrogen) atoms. The number of rotatable bonds is 11. The molecular weight excluding hydrogens is 344 g/mol. The number of carbonyl (C=O) groups is 1. The third kappa shape index (κ3) is 6.43. The Hall–Kier alpha value is -0.233. The molecule has 0 aromatic carbocycles. The Morgan fingerprint density at radius 3 is 2.04 bits per heavy atom. The van der Waals surface area contributed by atoms with Crippen LogP contribution in [-0.2, 0) is 18.7 Å². The van der Waals surface area contributed by atoms with Gasteiger partial charge in [0.05, 0.1) is 12.2 Å². The number of hydrogen-bond acceptors (Lipinski definition) is 4. The van der Waals surface area contributed by atoms with Crippen LogP contribution in [0.1, 0.15) is 87.5 Å². The monoisotopic (exact) mass is 386 g/mol. The fourth-order valence-electron chi connectivity index (χ4n) is 4.87. The Morgan fingerprint density at radius 2 is 1.54 bits per heavy atom. The van der Waals surface area contributed by atoms with Gasteiger partial charge in [-0.1, -0.05) is 41.5 Å². The molecule has 0 bridgehead atoms. The Kier molecular flexibility index (Phi) is 9.48. The van der Waals surface area contributed by atoms with E-state index in [-0.39, 0.29) is 12.2 Å². The first kappa shape index (κ1) is 23.8. The van der Waals surface area contributed by atoms with E-state index in [1.165, 1.54) is 0 Å². The lowest BCUT2D eigenvalue weighted by Crippen LogP contribution is -2.48. The van der Waals surface area contributed by atoms with Crippen molar-refractivity contribution in [3.05, 3.63) is 0 Å². The second kappa shape index (κ2) is 10.3. The lowest BCUT2D eigenvalue weighted by atomic mass is 10.0. The van der Waals surface area contributed by atoms with Crippen LogP contribution in [0.25, 0.3) is 0 Å². The van der Waals surface area contributed by atoms with E-state index in [1.54, 1.807) is 0 Å². The summed E-state index contributed by atoms with van der Waals surface area (Å²) in [6.45, 7) is 18.7. The fourth-order valence-corrected chi connectivity index (χ4v) is 10.4. The Morgan fingerprint density at radius 1 is 1.00 bits per heavy atom. The zero-order valence-corrected chi connectivity index (χ0v) is 19.3. The minimum absolute atomic E-state index is 0.0135. The van der Waals surface area contributed by atoms with E-state index in [9.17, 15) is 4.79 Å². The maximum atomic E-state index is 10.8. The van der Waals surface area contributed by atoms with Crippen LogP contribution in [-0.4, -0.2) is 39.2 Å². The molecule has 0 N–H and O–H groups in total. The van der Waals surface area contributed by atoms with Crippen LogP contribution in [0.5, 0.6) is 0 Å². The highest BCUT2D eigenvalue weighted by Gasteiger charge is 2.44. The third-order valence-electron chi connectivity index (χ3n) is 5.77. The summed E-state index contributed by atoms with van der Waals surface area (Å²) in [6, 6.07) is 0. The minimum atomic E-state index is -1.75. The predicted molar refractivity (Wildman–Crippen MR) is 110 cm³/mol. The number of carbonyl (C=O) groups excluding carboxylic acids is 1. The number of aldehydes is 1. The average molecular weight is 387 g/mol. The molecule has 1 aliphatic heterocycles. The highest BCUT2D eigenvalue weighted by Crippen LogP contribution is 2.42. The van der Waals surface area contributed by atoms with Gasteiger partial charge in [-0.2, -0.15) is 0 Å². The van der Waals surface area contributed by atoms with E-state index in [2.05, 4.69) is 41.5 Å². The lowest BCUT2D eigenvalue weighted by molar-refractivity contribution is -0.299. The van der Waals surface area contributed by atoms with Crippen molar-refractivity contribution in [1.82, 2.24) is 0 Å². The summed E-state index contributed by atoms with van der Waals surface area (Å²) in [5.41, 5.74) is 1.89. The summed E-state index contributed by atoms with van der Waals surface area (Å²) in [5, 5.41) is 0. The molecular formula is C21H42O4Si. The Labute approximate surface area is 162 Å². The zero-order chi connectivity index (χ0) is 20.0. The average Bonchev–Trinajstić information content (AvgIpc) is 2.48. The molecule has 1 rings (SSSR count). The van der Waals surface area contributed by atoms with Gasteiger partial charge in [-0.3, -0.25) is 0 Å². The van der Waals surface area contributed by atoms with E-state index in [0.717, 1.165) is 38.6 Å². The summed E-state index contributed by atoms with van der Waals surface area (Å²) >= 11 is 0. The smallest absolute Gasteiger partial charge is 0.200 e.